The van der Waals surface area contributed by atoms with Gasteiger partial charge in [-0.25, -0.2) is 0 Å². The van der Waals surface area contributed by atoms with Gasteiger partial charge in [-0.05, 0) is 17.5 Å². The average molecular weight is 280 g/mol. The number of nitrogens with one attached hydrogen (secondary N) is 1. The minimum absolute atomic E-state index is 0.171. The summed E-state index contributed by atoms with van der Waals surface area (Å²) in [7, 11) is 3.18. The summed E-state index contributed by atoms with van der Waals surface area (Å²) < 4.78 is 10.4. The molecule has 20 heavy (non-hydrogen) atoms. The SMILES string of the molecule is COc1ccc(CNC(=O)C(N)C(C)(C)C)c(OC)c1. The van der Waals surface area contributed by atoms with Crippen LogP contribution in [0.25, 0.3) is 0 Å². The second-order valence-corrected chi connectivity index (χ2v) is 5.74. The first-order valence-corrected chi connectivity index (χ1v) is 6.53. The number of hydrogen-bond acceptors (Lipinski definition) is 4. The minimum atomic E-state index is -0.549. The van der Waals surface area contributed by atoms with Crippen molar-refractivity contribution in [2.24, 2.45) is 11.1 Å². The summed E-state index contributed by atoms with van der Waals surface area (Å²) in [6, 6.07) is 4.92. The lowest BCUT2D eigenvalue weighted by atomic mass is 9.87. The Hall–Kier alpha value is -1.75. The van der Waals surface area contributed by atoms with Crippen molar-refractivity contribution in [1.29, 1.82) is 0 Å². The zero-order chi connectivity index (χ0) is 15.3. The molecule has 1 amide bonds. The fourth-order valence-electron chi connectivity index (χ4n) is 1.68. The highest BCUT2D eigenvalue weighted by atomic mass is 16.5. The van der Waals surface area contributed by atoms with E-state index in [0.29, 0.717) is 18.0 Å². The molecule has 3 N–H and O–H groups in total. The van der Waals surface area contributed by atoms with Crippen LogP contribution in [0.15, 0.2) is 18.2 Å². The zero-order valence-corrected chi connectivity index (χ0v) is 12.8. The van der Waals surface area contributed by atoms with E-state index < -0.39 is 6.04 Å². The van der Waals surface area contributed by atoms with Gasteiger partial charge in [0.05, 0.1) is 20.3 Å². The molecule has 0 aliphatic heterocycles. The zero-order valence-electron chi connectivity index (χ0n) is 12.8. The topological polar surface area (TPSA) is 73.6 Å². The molecule has 0 saturated carbocycles. The van der Waals surface area contributed by atoms with Crippen molar-refractivity contribution in [1.82, 2.24) is 5.32 Å². The monoisotopic (exact) mass is 280 g/mol. The molecule has 0 fully saturated rings. The predicted octanol–water partition coefficient (Wildman–Crippen LogP) is 1.69. The standard InChI is InChI=1S/C15H24N2O3/c1-15(2,3)13(16)14(18)17-9-10-6-7-11(19-4)8-12(10)20-5/h6-8,13H,9,16H2,1-5H3,(H,17,18). The molecule has 1 rings (SSSR count). The molecule has 0 aliphatic rings. The highest BCUT2D eigenvalue weighted by Gasteiger charge is 2.27. The molecule has 0 aromatic heterocycles. The molecular weight excluding hydrogens is 256 g/mol. The van der Waals surface area contributed by atoms with Gasteiger partial charge in [0.2, 0.25) is 5.91 Å². The number of benzene rings is 1. The van der Waals surface area contributed by atoms with Crippen molar-refractivity contribution in [3.05, 3.63) is 23.8 Å². The summed E-state index contributed by atoms with van der Waals surface area (Å²) in [6.07, 6.45) is 0. The minimum Gasteiger partial charge on any atom is -0.497 e. The van der Waals surface area contributed by atoms with Crippen LogP contribution in [0.2, 0.25) is 0 Å². The molecule has 0 saturated heterocycles. The Morgan fingerprint density at radius 2 is 1.95 bits per heavy atom. The quantitative estimate of drug-likeness (QED) is 0.861. The second kappa shape index (κ2) is 6.61. The van der Waals surface area contributed by atoms with Crippen LogP contribution in [0.5, 0.6) is 11.5 Å². The van der Waals surface area contributed by atoms with Crippen LogP contribution in [-0.4, -0.2) is 26.2 Å². The van der Waals surface area contributed by atoms with E-state index in [4.69, 9.17) is 15.2 Å². The van der Waals surface area contributed by atoms with Gasteiger partial charge >= 0.3 is 0 Å². The molecule has 1 aromatic carbocycles. The largest absolute Gasteiger partial charge is 0.497 e. The lowest BCUT2D eigenvalue weighted by molar-refractivity contribution is -0.124. The molecule has 0 heterocycles. The van der Waals surface area contributed by atoms with Crippen LogP contribution in [0.4, 0.5) is 0 Å². The first-order valence-electron chi connectivity index (χ1n) is 6.53. The van der Waals surface area contributed by atoms with E-state index in [9.17, 15) is 4.79 Å². The number of carbonyl (C=O) groups is 1. The smallest absolute Gasteiger partial charge is 0.237 e. The van der Waals surface area contributed by atoms with E-state index in [2.05, 4.69) is 5.32 Å². The molecule has 112 valence electrons. The molecule has 5 nitrogen and oxygen atoms in total. The number of hydrogen-bond donors (Lipinski definition) is 2. The Kier molecular flexibility index (Phi) is 5.39. The van der Waals surface area contributed by atoms with Crippen molar-refractivity contribution < 1.29 is 14.3 Å². The van der Waals surface area contributed by atoms with Gasteiger partial charge in [-0.15, -0.1) is 0 Å². The summed E-state index contributed by atoms with van der Waals surface area (Å²) in [5, 5.41) is 2.83. The maximum absolute atomic E-state index is 12.0. The first kappa shape index (κ1) is 16.3. The number of nitrogens with two attached hydrogens (primary N) is 1. The van der Waals surface area contributed by atoms with Gasteiger partial charge in [0.15, 0.2) is 0 Å². The Morgan fingerprint density at radius 3 is 2.45 bits per heavy atom. The Labute approximate surface area is 120 Å². The van der Waals surface area contributed by atoms with Gasteiger partial charge in [0.1, 0.15) is 11.5 Å². The maximum Gasteiger partial charge on any atom is 0.237 e. The highest BCUT2D eigenvalue weighted by molar-refractivity contribution is 5.82. The molecule has 1 atom stereocenters. The van der Waals surface area contributed by atoms with Crippen molar-refractivity contribution in [2.75, 3.05) is 14.2 Å². The number of carbonyl (C=O) groups excluding carboxylic acids is 1. The van der Waals surface area contributed by atoms with Gasteiger partial charge in [-0.2, -0.15) is 0 Å². The third-order valence-corrected chi connectivity index (χ3v) is 3.16. The molecule has 5 heteroatoms. The van der Waals surface area contributed by atoms with Crippen LogP contribution < -0.4 is 20.5 Å². The van der Waals surface area contributed by atoms with E-state index in [0.717, 1.165) is 5.56 Å². The number of methoxy groups -OCH3 is 2. The lowest BCUT2D eigenvalue weighted by Gasteiger charge is -2.26. The van der Waals surface area contributed by atoms with Gasteiger partial charge in [-0.1, -0.05) is 20.8 Å². The molecule has 0 bridgehead atoms. The van der Waals surface area contributed by atoms with Crippen molar-refractivity contribution in [2.45, 2.75) is 33.4 Å². The molecule has 0 spiro atoms. The Morgan fingerprint density at radius 1 is 1.30 bits per heavy atom. The van der Waals surface area contributed by atoms with Crippen LogP contribution in [0.3, 0.4) is 0 Å². The summed E-state index contributed by atoms with van der Waals surface area (Å²) in [5.74, 6) is 1.22. The van der Waals surface area contributed by atoms with Gasteiger partial charge in [-0.3, -0.25) is 4.79 Å². The van der Waals surface area contributed by atoms with E-state index in [1.807, 2.05) is 32.9 Å². The first-order chi connectivity index (χ1) is 9.29. The van der Waals surface area contributed by atoms with Crippen molar-refractivity contribution in [3.8, 4) is 11.5 Å². The molecule has 0 radical (unpaired) electrons. The number of ether oxygens (including phenoxy) is 2. The van der Waals surface area contributed by atoms with E-state index in [-0.39, 0.29) is 11.3 Å². The van der Waals surface area contributed by atoms with Gasteiger partial charge < -0.3 is 20.5 Å². The van der Waals surface area contributed by atoms with E-state index in [1.54, 1.807) is 20.3 Å². The third-order valence-electron chi connectivity index (χ3n) is 3.16. The summed E-state index contributed by atoms with van der Waals surface area (Å²) in [5.41, 5.74) is 6.52. The van der Waals surface area contributed by atoms with Crippen LogP contribution in [0.1, 0.15) is 26.3 Å². The summed E-state index contributed by atoms with van der Waals surface area (Å²) >= 11 is 0. The molecule has 1 unspecified atom stereocenters. The highest BCUT2D eigenvalue weighted by Crippen LogP contribution is 2.24. The second-order valence-electron chi connectivity index (χ2n) is 5.74. The van der Waals surface area contributed by atoms with Gasteiger partial charge in [0, 0.05) is 18.2 Å². The van der Waals surface area contributed by atoms with E-state index in [1.165, 1.54) is 0 Å². The molecule has 0 aliphatic carbocycles. The van der Waals surface area contributed by atoms with E-state index >= 15 is 0 Å². The van der Waals surface area contributed by atoms with Crippen LogP contribution >= 0.6 is 0 Å². The predicted molar refractivity (Wildman–Crippen MR) is 78.8 cm³/mol. The maximum atomic E-state index is 12.0. The van der Waals surface area contributed by atoms with Crippen LogP contribution in [-0.2, 0) is 11.3 Å². The lowest BCUT2D eigenvalue weighted by Crippen LogP contribution is -2.48. The fourth-order valence-corrected chi connectivity index (χ4v) is 1.68. The third kappa shape index (κ3) is 4.13. The van der Waals surface area contributed by atoms with Crippen molar-refractivity contribution in [3.63, 3.8) is 0 Å². The fraction of sp³-hybridized carbons (Fsp3) is 0.533. The Bertz CT molecular complexity index is 467. The summed E-state index contributed by atoms with van der Waals surface area (Å²) in [4.78, 5) is 12.0. The molecular formula is C15H24N2O3. The summed E-state index contributed by atoms with van der Waals surface area (Å²) in [6.45, 7) is 6.18. The van der Waals surface area contributed by atoms with Crippen LogP contribution in [0, 0.1) is 5.41 Å². The average Bonchev–Trinajstić information content (AvgIpc) is 2.42. The van der Waals surface area contributed by atoms with Crippen molar-refractivity contribution >= 4 is 5.91 Å². The van der Waals surface area contributed by atoms with Gasteiger partial charge in [0.25, 0.3) is 0 Å². The Balaban J connectivity index is 2.73. The normalized spacial score (nSPS) is 12.7. The molecule has 1 aromatic rings. The number of rotatable bonds is 5. The number of amides is 1.